The molecule has 31 heavy (non-hydrogen) atoms. The fraction of sp³-hybridized carbons (Fsp3) is 0.154. The fourth-order valence-corrected chi connectivity index (χ4v) is 4.48. The van der Waals surface area contributed by atoms with Crippen LogP contribution < -0.4 is 4.74 Å². The van der Waals surface area contributed by atoms with E-state index in [0.717, 1.165) is 22.9 Å². The smallest absolute Gasteiger partial charge is 0.220 e. The first-order chi connectivity index (χ1) is 15.2. The van der Waals surface area contributed by atoms with Crippen molar-refractivity contribution in [1.29, 1.82) is 0 Å². The molecule has 1 aliphatic heterocycles. The summed E-state index contributed by atoms with van der Waals surface area (Å²) in [4.78, 5) is 9.36. The van der Waals surface area contributed by atoms with E-state index in [2.05, 4.69) is 29.2 Å². The van der Waals surface area contributed by atoms with Crippen LogP contribution in [0.2, 0.25) is 0 Å². The molecule has 2 aliphatic rings. The van der Waals surface area contributed by atoms with Crippen molar-refractivity contribution < 1.29 is 14.6 Å². The maximum atomic E-state index is 10.2. The van der Waals surface area contributed by atoms with E-state index >= 15 is 0 Å². The number of rotatable bonds is 3. The van der Waals surface area contributed by atoms with Crippen molar-refractivity contribution in [3.8, 4) is 17.4 Å². The molecule has 2 atom stereocenters. The first kappa shape index (κ1) is 18.0. The Labute approximate surface area is 179 Å². The first-order valence-corrected chi connectivity index (χ1v) is 10.4. The number of hydrogen-bond acceptors (Lipinski definition) is 5. The molecule has 5 heteroatoms. The summed E-state index contributed by atoms with van der Waals surface area (Å²) in [6, 6.07) is 23.4. The van der Waals surface area contributed by atoms with Gasteiger partial charge in [-0.3, -0.25) is 0 Å². The van der Waals surface area contributed by atoms with Gasteiger partial charge in [-0.2, -0.15) is 0 Å². The number of para-hydroxylation sites is 1. The van der Waals surface area contributed by atoms with E-state index in [0.29, 0.717) is 23.0 Å². The highest BCUT2D eigenvalue weighted by Gasteiger charge is 2.39. The molecule has 152 valence electrons. The van der Waals surface area contributed by atoms with Gasteiger partial charge < -0.3 is 14.6 Å². The third kappa shape index (κ3) is 3.01. The number of pyridine rings is 1. The van der Waals surface area contributed by atoms with Gasteiger partial charge in [0.05, 0.1) is 0 Å². The van der Waals surface area contributed by atoms with Crippen molar-refractivity contribution in [2.45, 2.75) is 25.5 Å². The highest BCUT2D eigenvalue weighted by molar-refractivity contribution is 5.96. The number of aliphatic imine (C=N–C) groups is 1. The summed E-state index contributed by atoms with van der Waals surface area (Å²) in [5.41, 5.74) is 4.97. The van der Waals surface area contributed by atoms with Gasteiger partial charge in [-0.25, -0.2) is 9.98 Å². The van der Waals surface area contributed by atoms with Gasteiger partial charge in [-0.05, 0) is 47.9 Å². The van der Waals surface area contributed by atoms with E-state index in [-0.39, 0.29) is 17.9 Å². The highest BCUT2D eigenvalue weighted by Crippen LogP contribution is 2.41. The van der Waals surface area contributed by atoms with Gasteiger partial charge >= 0.3 is 0 Å². The summed E-state index contributed by atoms with van der Waals surface area (Å²) in [5.74, 6) is 1.86. The molecule has 6 rings (SSSR count). The zero-order valence-electron chi connectivity index (χ0n) is 16.9. The van der Waals surface area contributed by atoms with Crippen LogP contribution in [0.25, 0.3) is 10.9 Å². The normalized spacial score (nSPS) is 18.9. The van der Waals surface area contributed by atoms with Crippen molar-refractivity contribution in [2.24, 2.45) is 4.99 Å². The summed E-state index contributed by atoms with van der Waals surface area (Å²) in [7, 11) is 0. The van der Waals surface area contributed by atoms with Gasteiger partial charge in [-0.15, -0.1) is 0 Å². The lowest BCUT2D eigenvalue weighted by Crippen LogP contribution is -2.13. The van der Waals surface area contributed by atoms with E-state index in [1.165, 1.54) is 11.1 Å². The Bertz CT molecular complexity index is 1360. The van der Waals surface area contributed by atoms with Gasteiger partial charge in [0.15, 0.2) is 0 Å². The lowest BCUT2D eigenvalue weighted by atomic mass is 10.1. The zero-order valence-corrected chi connectivity index (χ0v) is 16.9. The minimum Gasteiger partial charge on any atom is -0.506 e. The third-order valence-electron chi connectivity index (χ3n) is 5.97. The van der Waals surface area contributed by atoms with E-state index < -0.39 is 0 Å². The third-order valence-corrected chi connectivity index (χ3v) is 5.97. The maximum Gasteiger partial charge on any atom is 0.220 e. The number of fused-ring (bicyclic) bond motifs is 4. The number of benzene rings is 3. The minimum absolute atomic E-state index is 0.0588. The van der Waals surface area contributed by atoms with E-state index in [1.54, 1.807) is 6.07 Å². The Morgan fingerprint density at radius 1 is 1.00 bits per heavy atom. The monoisotopic (exact) mass is 408 g/mol. The molecular formula is C26H20N2O3. The molecule has 1 N–H and O–H groups in total. The SMILES string of the molecule is Cc1cc(Oc2cccc(C3=N[C@@H]4c5ccccc5C[C@@H]4O3)c2)nc2c(O)cccc12. The van der Waals surface area contributed by atoms with E-state index in [9.17, 15) is 5.11 Å². The summed E-state index contributed by atoms with van der Waals surface area (Å²) in [6.45, 7) is 1.98. The Kier molecular flexibility index (Phi) is 3.96. The summed E-state index contributed by atoms with van der Waals surface area (Å²) in [6.07, 6.45) is 0.943. The van der Waals surface area contributed by atoms with Crippen LogP contribution in [-0.4, -0.2) is 22.1 Å². The Balaban J connectivity index is 1.30. The second-order valence-electron chi connectivity index (χ2n) is 8.02. The van der Waals surface area contributed by atoms with Crippen molar-refractivity contribution in [3.05, 3.63) is 95.1 Å². The lowest BCUT2D eigenvalue weighted by Gasteiger charge is -2.11. The highest BCUT2D eigenvalue weighted by atomic mass is 16.5. The average molecular weight is 408 g/mol. The van der Waals surface area contributed by atoms with Crippen LogP contribution >= 0.6 is 0 Å². The molecule has 0 spiro atoms. The summed E-state index contributed by atoms with van der Waals surface area (Å²) in [5, 5.41) is 11.1. The van der Waals surface area contributed by atoms with Crippen molar-refractivity contribution in [3.63, 3.8) is 0 Å². The molecule has 0 fully saturated rings. The van der Waals surface area contributed by atoms with Crippen LogP contribution in [-0.2, 0) is 11.2 Å². The zero-order chi connectivity index (χ0) is 20.9. The predicted molar refractivity (Wildman–Crippen MR) is 119 cm³/mol. The Morgan fingerprint density at radius 3 is 2.81 bits per heavy atom. The number of aromatic nitrogens is 1. The molecule has 0 radical (unpaired) electrons. The molecule has 1 aliphatic carbocycles. The van der Waals surface area contributed by atoms with E-state index in [4.69, 9.17) is 14.5 Å². The Hall–Kier alpha value is -3.86. The van der Waals surface area contributed by atoms with Crippen LogP contribution in [0.5, 0.6) is 17.4 Å². The summed E-state index contributed by atoms with van der Waals surface area (Å²) >= 11 is 0. The molecule has 0 saturated carbocycles. The standard InChI is InChI=1S/C26H20N2O3/c1-15-12-23(27-24-19(15)10-5-11-21(24)29)30-18-8-4-7-17(13-18)26-28-25-20-9-3-2-6-16(20)14-22(25)31-26/h2-13,22,25,29H,14H2,1H3/t22-,25+/m0/s1. The van der Waals surface area contributed by atoms with Crippen LogP contribution in [0.1, 0.15) is 28.3 Å². The van der Waals surface area contributed by atoms with Crippen LogP contribution in [0.15, 0.2) is 77.8 Å². The molecule has 0 unspecified atom stereocenters. The molecule has 0 amide bonds. The number of hydrogen-bond donors (Lipinski definition) is 1. The average Bonchev–Trinajstić information content (AvgIpc) is 3.33. The number of phenols is 1. The molecule has 3 aromatic carbocycles. The van der Waals surface area contributed by atoms with Crippen LogP contribution in [0.3, 0.4) is 0 Å². The molecule has 0 bridgehead atoms. The van der Waals surface area contributed by atoms with E-state index in [1.807, 2.05) is 49.4 Å². The fourth-order valence-electron chi connectivity index (χ4n) is 4.48. The number of aromatic hydroxyl groups is 1. The maximum absolute atomic E-state index is 10.2. The van der Waals surface area contributed by atoms with Gasteiger partial charge in [-0.1, -0.05) is 42.5 Å². The minimum atomic E-state index is 0.0588. The predicted octanol–water partition coefficient (Wildman–Crippen LogP) is 5.48. The number of phenolic OH excluding ortho intramolecular Hbond substituents is 1. The quantitative estimate of drug-likeness (QED) is 0.487. The van der Waals surface area contributed by atoms with Crippen molar-refractivity contribution in [2.75, 3.05) is 0 Å². The second-order valence-corrected chi connectivity index (χ2v) is 8.02. The molecular weight excluding hydrogens is 388 g/mol. The number of aryl methyl sites for hydroxylation is 1. The lowest BCUT2D eigenvalue weighted by molar-refractivity contribution is 0.206. The molecule has 2 heterocycles. The molecule has 0 saturated heterocycles. The number of nitrogens with zero attached hydrogens (tertiary/aromatic N) is 2. The van der Waals surface area contributed by atoms with Crippen LogP contribution in [0.4, 0.5) is 0 Å². The van der Waals surface area contributed by atoms with Gasteiger partial charge in [0.2, 0.25) is 11.8 Å². The van der Waals surface area contributed by atoms with Gasteiger partial charge in [0.1, 0.15) is 29.2 Å². The van der Waals surface area contributed by atoms with Crippen LogP contribution in [0, 0.1) is 6.92 Å². The number of ether oxygens (including phenoxy) is 2. The molecule has 5 nitrogen and oxygen atoms in total. The molecule has 1 aromatic heterocycles. The summed E-state index contributed by atoms with van der Waals surface area (Å²) < 4.78 is 12.2. The first-order valence-electron chi connectivity index (χ1n) is 10.4. The molecule has 4 aromatic rings. The second kappa shape index (κ2) is 6.84. The largest absolute Gasteiger partial charge is 0.506 e. The van der Waals surface area contributed by atoms with Crippen molar-refractivity contribution in [1.82, 2.24) is 4.98 Å². The van der Waals surface area contributed by atoms with Gasteiger partial charge in [0.25, 0.3) is 0 Å². The topological polar surface area (TPSA) is 63.9 Å². The Morgan fingerprint density at radius 2 is 1.87 bits per heavy atom. The van der Waals surface area contributed by atoms with Gasteiger partial charge in [0, 0.05) is 23.4 Å². The van der Waals surface area contributed by atoms with Crippen molar-refractivity contribution >= 4 is 16.8 Å².